The molecule has 5 heteroatoms. The molecule has 0 N–H and O–H groups in total. The third kappa shape index (κ3) is 4.46. The molecular weight excluding hydrogens is 793 g/mol. The van der Waals surface area contributed by atoms with E-state index in [1.165, 1.54) is 53.3 Å². The summed E-state index contributed by atoms with van der Waals surface area (Å²) in [7, 11) is 0. The molecule has 1 spiro atoms. The van der Waals surface area contributed by atoms with Gasteiger partial charge in [0.15, 0.2) is 0 Å². The fourth-order valence-electron chi connectivity index (χ4n) is 11.2. The zero-order valence-corrected chi connectivity index (χ0v) is 35.4. The Hall–Kier alpha value is -6.76. The predicted molar refractivity (Wildman–Crippen MR) is 248 cm³/mol. The number of para-hydroxylation sites is 2. The van der Waals surface area contributed by atoms with Gasteiger partial charge in [-0.3, -0.25) is 0 Å². The van der Waals surface area contributed by atoms with Crippen LogP contribution < -0.4 is 8.79 Å². The van der Waals surface area contributed by atoms with Crippen LogP contribution >= 0.6 is 0 Å². The molecule has 10 aromatic rings. The van der Waals surface area contributed by atoms with Crippen molar-refractivity contribution in [2.75, 3.05) is 0 Å². The molecule has 0 atom stereocenters. The molecule has 3 aromatic heterocycles. The molecule has 3 aliphatic rings. The van der Waals surface area contributed by atoms with Crippen LogP contribution in [-0.2, 0) is 5.41 Å². The minimum absolute atomic E-state index is 0.585. The number of allylic oxidation sites excluding steroid dienone is 4. The zero-order valence-electron chi connectivity index (χ0n) is 33.3. The van der Waals surface area contributed by atoms with Crippen LogP contribution in [0.25, 0.3) is 77.5 Å². The summed E-state index contributed by atoms with van der Waals surface area (Å²) < 4.78 is 17.0. The van der Waals surface area contributed by atoms with E-state index in [1.807, 2.05) is 30.5 Å². The monoisotopic (exact) mass is 832 g/mol. The second kappa shape index (κ2) is 12.4. The van der Waals surface area contributed by atoms with E-state index >= 15 is 0 Å². The average Bonchev–Trinajstić information content (AvgIpc) is 3.97. The molecule has 2 aliphatic carbocycles. The Balaban J connectivity index is 1.17. The van der Waals surface area contributed by atoms with Gasteiger partial charge in [0.05, 0.1) is 0 Å². The van der Waals surface area contributed by atoms with Crippen molar-refractivity contribution in [3.8, 4) is 22.5 Å². The molecule has 1 aliphatic heterocycles. The van der Waals surface area contributed by atoms with Crippen molar-refractivity contribution in [1.82, 2.24) is 9.97 Å². The molecular formula is C55H38GeN2O2. The average molecular weight is 832 g/mol. The van der Waals surface area contributed by atoms with Gasteiger partial charge in [0.25, 0.3) is 0 Å². The van der Waals surface area contributed by atoms with Crippen molar-refractivity contribution in [2.24, 2.45) is 0 Å². The van der Waals surface area contributed by atoms with Crippen molar-refractivity contribution in [3.63, 3.8) is 0 Å². The first-order valence-electron chi connectivity index (χ1n) is 21.0. The summed E-state index contributed by atoms with van der Waals surface area (Å²) >= 11 is -2.79. The summed E-state index contributed by atoms with van der Waals surface area (Å²) in [4.78, 5) is 9.78. The summed E-state index contributed by atoms with van der Waals surface area (Å²) in [6.07, 6.45) is 8.40. The molecule has 7 aromatic carbocycles. The molecule has 0 bridgehead atoms. The third-order valence-corrected chi connectivity index (χ3v) is 21.2. The van der Waals surface area contributed by atoms with E-state index in [0.717, 1.165) is 79.4 Å². The van der Waals surface area contributed by atoms with Crippen LogP contribution in [0.15, 0.2) is 179 Å². The van der Waals surface area contributed by atoms with Crippen molar-refractivity contribution < 1.29 is 8.83 Å². The van der Waals surface area contributed by atoms with Crippen LogP contribution in [0.5, 0.6) is 0 Å². The van der Waals surface area contributed by atoms with Crippen molar-refractivity contribution in [2.45, 2.75) is 29.8 Å². The number of hydrogen-bond donors (Lipinski definition) is 0. The van der Waals surface area contributed by atoms with Crippen molar-refractivity contribution in [1.29, 1.82) is 0 Å². The Morgan fingerprint density at radius 1 is 0.583 bits per heavy atom. The Labute approximate surface area is 349 Å². The number of rotatable bonds is 3. The second-order valence-electron chi connectivity index (χ2n) is 17.1. The Morgan fingerprint density at radius 3 is 2.02 bits per heavy atom. The summed E-state index contributed by atoms with van der Waals surface area (Å²) in [5.74, 6) is 5.87. The number of aromatic nitrogens is 2. The normalized spacial score (nSPS) is 15.8. The fraction of sp³-hybridized carbons (Fsp3) is 0.0909. The van der Waals surface area contributed by atoms with Crippen LogP contribution in [0, 0.1) is 0 Å². The molecule has 0 unspecified atom stereocenters. The molecule has 0 saturated heterocycles. The molecule has 0 saturated carbocycles. The first-order chi connectivity index (χ1) is 29.5. The minimum atomic E-state index is -2.79. The van der Waals surface area contributed by atoms with Gasteiger partial charge in [-0.05, 0) is 0 Å². The number of hydrogen-bond acceptors (Lipinski definition) is 4. The SMILES string of the molecule is [CH3][Ge]1([CH3])[c]2ccccc2C2(c3cccc[c]31)c1cc(C3=CC(c4ccnc(-c5ccccc5)n4)=CCC3)c3c(oc4ccccc43)c1-c1c2ccc2oc3ccccc3c12. The second-order valence-corrected chi connectivity index (χ2v) is 26.2. The number of furan rings is 2. The summed E-state index contributed by atoms with van der Waals surface area (Å²) in [6, 6.07) is 55.3. The standard InChI is InChI=1S/C55H38GeN2O2/c1-56(2)43-23-10-8-21-39(43)55(40-22-9-11-24-44(40)56)41-27-28-48-50(37-20-7-12-25-46(37)59-48)51(41)52-42(55)32-38(49-36-19-6-13-26-47(36)60-53(49)52)34-17-14-18-35(31-34)45-29-30-57-54(58-45)33-15-4-3-5-16-33/h3-13,15-16,18-32H,14,17H2,1-2H3. The van der Waals surface area contributed by atoms with Crippen LogP contribution in [0.4, 0.5) is 0 Å². The van der Waals surface area contributed by atoms with Crippen LogP contribution in [0.3, 0.4) is 0 Å². The quantitative estimate of drug-likeness (QED) is 0.166. The van der Waals surface area contributed by atoms with E-state index < -0.39 is 18.7 Å². The maximum absolute atomic E-state index is 7.27. The molecule has 60 heavy (non-hydrogen) atoms. The molecule has 13 rings (SSSR count). The molecule has 4 heterocycles. The summed E-state index contributed by atoms with van der Waals surface area (Å²) in [5, 5.41) is 4.56. The van der Waals surface area contributed by atoms with Crippen LogP contribution in [0.2, 0.25) is 11.5 Å². The van der Waals surface area contributed by atoms with E-state index in [1.54, 1.807) is 0 Å². The van der Waals surface area contributed by atoms with Crippen molar-refractivity contribution >= 4 is 77.1 Å². The van der Waals surface area contributed by atoms with Gasteiger partial charge in [0.2, 0.25) is 0 Å². The maximum atomic E-state index is 7.27. The van der Waals surface area contributed by atoms with E-state index in [2.05, 4.69) is 156 Å². The van der Waals surface area contributed by atoms with E-state index in [-0.39, 0.29) is 0 Å². The predicted octanol–water partition coefficient (Wildman–Crippen LogP) is 12.7. The topological polar surface area (TPSA) is 52.1 Å². The van der Waals surface area contributed by atoms with Gasteiger partial charge in [0.1, 0.15) is 0 Å². The van der Waals surface area contributed by atoms with Crippen molar-refractivity contribution in [3.05, 3.63) is 204 Å². The van der Waals surface area contributed by atoms with Gasteiger partial charge in [-0.15, -0.1) is 0 Å². The fourth-order valence-corrected chi connectivity index (χ4v) is 17.9. The molecule has 284 valence electrons. The van der Waals surface area contributed by atoms with Gasteiger partial charge >= 0.3 is 311 Å². The van der Waals surface area contributed by atoms with Gasteiger partial charge < -0.3 is 0 Å². The Kier molecular flexibility index (Phi) is 7.05. The van der Waals surface area contributed by atoms with Gasteiger partial charge in [-0.2, -0.15) is 0 Å². The molecule has 0 fully saturated rings. The number of fused-ring (bicyclic) bond motifs is 17. The molecule has 4 nitrogen and oxygen atoms in total. The van der Waals surface area contributed by atoms with Crippen LogP contribution in [-0.4, -0.2) is 23.2 Å². The summed E-state index contributed by atoms with van der Waals surface area (Å²) in [5.41, 5.74) is 16.3. The Morgan fingerprint density at radius 2 is 1.25 bits per heavy atom. The third-order valence-electron chi connectivity index (χ3n) is 13.7. The first-order valence-corrected chi connectivity index (χ1v) is 27.2. The first kappa shape index (κ1) is 34.1. The number of nitrogens with zero attached hydrogens (tertiary/aromatic N) is 2. The molecule has 0 radical (unpaired) electrons. The van der Waals surface area contributed by atoms with E-state index in [4.69, 9.17) is 13.8 Å². The zero-order chi connectivity index (χ0) is 39.7. The van der Waals surface area contributed by atoms with E-state index in [9.17, 15) is 0 Å². The van der Waals surface area contributed by atoms with Crippen LogP contribution in [0.1, 0.15) is 46.4 Å². The summed E-state index contributed by atoms with van der Waals surface area (Å²) in [6.45, 7) is 0. The van der Waals surface area contributed by atoms with E-state index in [0.29, 0.717) is 0 Å². The Bertz CT molecular complexity index is 3480. The van der Waals surface area contributed by atoms with Gasteiger partial charge in [-0.1, -0.05) is 30.3 Å². The number of benzene rings is 7. The molecule has 0 amide bonds. The van der Waals surface area contributed by atoms with Gasteiger partial charge in [0, 0.05) is 5.56 Å². The van der Waals surface area contributed by atoms with Gasteiger partial charge in [-0.25, -0.2) is 4.98 Å².